The van der Waals surface area contributed by atoms with Crippen LogP contribution >= 0.6 is 0 Å². The first kappa shape index (κ1) is 16.0. The minimum absolute atomic E-state index is 0.00882. The summed E-state index contributed by atoms with van der Waals surface area (Å²) in [5, 5.41) is 2.11. The van der Waals surface area contributed by atoms with E-state index >= 15 is 0 Å². The van der Waals surface area contributed by atoms with Gasteiger partial charge in [-0.2, -0.15) is 13.2 Å². The fraction of sp³-hybridized carbons (Fsp3) is 0.308. The lowest BCUT2D eigenvalue weighted by Crippen LogP contribution is -2.28. The quantitative estimate of drug-likeness (QED) is 0.658. The molecule has 0 aromatic heterocycles. The molecule has 0 aliphatic carbocycles. The van der Waals surface area contributed by atoms with Gasteiger partial charge in [0.2, 0.25) is 0 Å². The Hall–Kier alpha value is -2.07. The van der Waals surface area contributed by atoms with E-state index in [2.05, 4.69) is 17.2 Å². The summed E-state index contributed by atoms with van der Waals surface area (Å²) in [4.78, 5) is 11.7. The highest BCUT2D eigenvalue weighted by Gasteiger charge is 2.26. The number of benzene rings is 1. The Morgan fingerprint density at radius 2 is 2.05 bits per heavy atom. The maximum atomic E-state index is 13.1. The lowest BCUT2D eigenvalue weighted by atomic mass is 10.1. The summed E-state index contributed by atoms with van der Waals surface area (Å²) in [6, 6.07) is 3.23. The first-order valence-electron chi connectivity index (χ1n) is 5.67. The Morgan fingerprint density at radius 3 is 2.65 bits per heavy atom. The number of nitrogens with one attached hydrogen (secondary N) is 1. The number of rotatable bonds is 3. The number of halogens is 4. The van der Waals surface area contributed by atoms with E-state index in [0.29, 0.717) is 0 Å². The molecule has 0 aliphatic rings. The van der Waals surface area contributed by atoms with Crippen LogP contribution in [0.2, 0.25) is 0 Å². The molecule has 20 heavy (non-hydrogen) atoms. The number of alkyl halides is 3. The highest BCUT2D eigenvalue weighted by Crippen LogP contribution is 2.18. The molecule has 1 amide bonds. The molecule has 1 rings (SSSR count). The van der Waals surface area contributed by atoms with Crippen LogP contribution in [-0.4, -0.2) is 25.2 Å². The van der Waals surface area contributed by atoms with Crippen molar-refractivity contribution in [3.8, 4) is 11.8 Å². The third kappa shape index (κ3) is 5.28. The van der Waals surface area contributed by atoms with Crippen LogP contribution in [0.4, 0.5) is 17.6 Å². The second kappa shape index (κ2) is 6.91. The molecule has 0 aliphatic heterocycles. The molecule has 1 aromatic carbocycles. The number of hydrogen-bond acceptors (Lipinski definition) is 2. The molecular formula is C13H12F4N2O. The van der Waals surface area contributed by atoms with E-state index in [1.54, 1.807) is 0 Å². The Bertz CT molecular complexity index is 544. The van der Waals surface area contributed by atoms with Crippen molar-refractivity contribution in [2.45, 2.75) is 12.6 Å². The zero-order chi connectivity index (χ0) is 15.2. The van der Waals surface area contributed by atoms with Crippen LogP contribution in [0.25, 0.3) is 0 Å². The molecule has 0 saturated carbocycles. The van der Waals surface area contributed by atoms with E-state index in [4.69, 9.17) is 5.73 Å². The molecule has 1 aromatic rings. The molecule has 0 fully saturated rings. The SMILES string of the molecule is NCC#Cc1cc(F)ccc1C(=O)NCCC(F)(F)F. The average Bonchev–Trinajstić information content (AvgIpc) is 2.34. The predicted octanol–water partition coefficient (Wildman–Crippen LogP) is 1.82. The van der Waals surface area contributed by atoms with Crippen molar-refractivity contribution in [3.05, 3.63) is 35.1 Å². The van der Waals surface area contributed by atoms with Crippen molar-refractivity contribution in [1.29, 1.82) is 0 Å². The summed E-state index contributed by atoms with van der Waals surface area (Å²) >= 11 is 0. The van der Waals surface area contributed by atoms with Crippen molar-refractivity contribution < 1.29 is 22.4 Å². The van der Waals surface area contributed by atoms with Gasteiger partial charge in [-0.15, -0.1) is 0 Å². The molecule has 3 nitrogen and oxygen atoms in total. The predicted molar refractivity (Wildman–Crippen MR) is 65.3 cm³/mol. The summed E-state index contributed by atoms with van der Waals surface area (Å²) in [7, 11) is 0. The lowest BCUT2D eigenvalue weighted by Gasteiger charge is -2.09. The van der Waals surface area contributed by atoms with E-state index in [0.717, 1.165) is 12.1 Å². The van der Waals surface area contributed by atoms with E-state index in [1.165, 1.54) is 6.07 Å². The van der Waals surface area contributed by atoms with Crippen LogP contribution in [0.1, 0.15) is 22.3 Å². The van der Waals surface area contributed by atoms with Gasteiger partial charge in [-0.05, 0) is 18.2 Å². The maximum absolute atomic E-state index is 13.1. The average molecular weight is 288 g/mol. The van der Waals surface area contributed by atoms with Crippen LogP contribution in [-0.2, 0) is 0 Å². The third-order valence-corrected chi connectivity index (χ3v) is 2.25. The van der Waals surface area contributed by atoms with Crippen LogP contribution in [0.5, 0.6) is 0 Å². The maximum Gasteiger partial charge on any atom is 0.390 e. The van der Waals surface area contributed by atoms with Crippen LogP contribution in [0.3, 0.4) is 0 Å². The van der Waals surface area contributed by atoms with Crippen molar-refractivity contribution in [2.75, 3.05) is 13.1 Å². The Kier molecular flexibility index (Phi) is 5.53. The normalized spacial score (nSPS) is 10.7. The molecular weight excluding hydrogens is 276 g/mol. The summed E-state index contributed by atoms with van der Waals surface area (Å²) in [6.45, 7) is -0.533. The molecule has 0 heterocycles. The summed E-state index contributed by atoms with van der Waals surface area (Å²) in [6.07, 6.45) is -5.48. The summed E-state index contributed by atoms with van der Waals surface area (Å²) in [5.41, 5.74) is 5.27. The van der Waals surface area contributed by atoms with Crippen LogP contribution in [0, 0.1) is 17.7 Å². The fourth-order valence-corrected chi connectivity index (χ4v) is 1.38. The van der Waals surface area contributed by atoms with Crippen molar-refractivity contribution in [1.82, 2.24) is 5.32 Å². The number of hydrogen-bond donors (Lipinski definition) is 2. The molecule has 0 spiro atoms. The topological polar surface area (TPSA) is 55.1 Å². The van der Waals surface area contributed by atoms with Gasteiger partial charge in [0.25, 0.3) is 5.91 Å². The number of amides is 1. The fourth-order valence-electron chi connectivity index (χ4n) is 1.38. The summed E-state index contributed by atoms with van der Waals surface area (Å²) < 4.78 is 49.0. The molecule has 0 bridgehead atoms. The Morgan fingerprint density at radius 1 is 1.35 bits per heavy atom. The molecule has 0 saturated heterocycles. The lowest BCUT2D eigenvalue weighted by molar-refractivity contribution is -0.132. The number of carbonyl (C=O) groups is 1. The van der Waals surface area contributed by atoms with Gasteiger partial charge in [-0.1, -0.05) is 11.8 Å². The van der Waals surface area contributed by atoms with Crippen LogP contribution < -0.4 is 11.1 Å². The van der Waals surface area contributed by atoms with Gasteiger partial charge in [-0.25, -0.2) is 4.39 Å². The first-order chi connectivity index (χ1) is 9.33. The van der Waals surface area contributed by atoms with Gasteiger partial charge in [0.1, 0.15) is 5.82 Å². The minimum Gasteiger partial charge on any atom is -0.352 e. The van der Waals surface area contributed by atoms with Gasteiger partial charge in [0.15, 0.2) is 0 Å². The van der Waals surface area contributed by atoms with Gasteiger partial charge >= 0.3 is 6.18 Å². The summed E-state index contributed by atoms with van der Waals surface area (Å²) in [5.74, 6) is 3.62. The Balaban J connectivity index is 2.82. The number of carbonyl (C=O) groups excluding carboxylic acids is 1. The minimum atomic E-state index is -4.35. The monoisotopic (exact) mass is 288 g/mol. The van der Waals surface area contributed by atoms with Gasteiger partial charge in [-0.3, -0.25) is 4.79 Å². The molecule has 0 unspecified atom stereocenters. The molecule has 0 radical (unpaired) electrons. The highest BCUT2D eigenvalue weighted by atomic mass is 19.4. The van der Waals surface area contributed by atoms with Crippen molar-refractivity contribution in [3.63, 3.8) is 0 Å². The zero-order valence-corrected chi connectivity index (χ0v) is 10.4. The van der Waals surface area contributed by atoms with E-state index in [-0.39, 0.29) is 17.7 Å². The smallest absolute Gasteiger partial charge is 0.352 e. The molecule has 108 valence electrons. The van der Waals surface area contributed by atoms with Gasteiger partial charge in [0.05, 0.1) is 18.5 Å². The molecule has 0 atom stereocenters. The zero-order valence-electron chi connectivity index (χ0n) is 10.4. The van der Waals surface area contributed by atoms with Crippen LogP contribution in [0.15, 0.2) is 18.2 Å². The van der Waals surface area contributed by atoms with E-state index in [9.17, 15) is 22.4 Å². The second-order valence-corrected chi connectivity index (χ2v) is 3.82. The van der Waals surface area contributed by atoms with Crippen molar-refractivity contribution in [2.24, 2.45) is 5.73 Å². The standard InChI is InChI=1S/C13H12F4N2O/c14-10-3-4-11(9(8-10)2-1-6-18)12(20)19-7-5-13(15,16)17/h3-4,8H,5-7,18H2,(H,19,20). The van der Waals surface area contributed by atoms with E-state index in [1.807, 2.05) is 0 Å². The second-order valence-electron chi connectivity index (χ2n) is 3.82. The van der Waals surface area contributed by atoms with Gasteiger partial charge in [0, 0.05) is 12.1 Å². The van der Waals surface area contributed by atoms with Gasteiger partial charge < -0.3 is 11.1 Å². The molecule has 3 N–H and O–H groups in total. The van der Waals surface area contributed by atoms with Crippen molar-refractivity contribution >= 4 is 5.91 Å². The molecule has 7 heteroatoms. The number of nitrogens with two attached hydrogens (primary N) is 1. The largest absolute Gasteiger partial charge is 0.390 e. The Labute approximate surface area is 113 Å². The highest BCUT2D eigenvalue weighted by molar-refractivity contribution is 5.96. The third-order valence-electron chi connectivity index (χ3n) is 2.25. The van der Waals surface area contributed by atoms with E-state index < -0.39 is 30.9 Å². The first-order valence-corrected chi connectivity index (χ1v) is 5.67.